The maximum Gasteiger partial charge on any atom is 0.327 e. The number of nitrogens with zero attached hydrogens (tertiary/aromatic N) is 8. The average Bonchev–Trinajstić information content (AvgIpc) is 1.75. The Balaban J connectivity index is 0. The Morgan fingerprint density at radius 3 is 1.05 bits per heavy atom. The summed E-state index contributed by atoms with van der Waals surface area (Å²) in [5.74, 6) is 0.0863. The van der Waals surface area contributed by atoms with E-state index in [0.29, 0.717) is 126 Å². The fourth-order valence-corrected chi connectivity index (χ4v) is 15.6. The van der Waals surface area contributed by atoms with Crippen LogP contribution in [0.2, 0.25) is 0 Å². The number of amides is 4. The number of aryl methyl sites for hydroxylation is 1. The van der Waals surface area contributed by atoms with Crippen LogP contribution in [0, 0.1) is 12.3 Å². The van der Waals surface area contributed by atoms with Gasteiger partial charge in [-0.2, -0.15) is 23.5 Å². The Bertz CT molecular complexity index is 3140. The van der Waals surface area contributed by atoms with Crippen molar-refractivity contribution in [3.8, 4) is 12.3 Å². The van der Waals surface area contributed by atoms with Crippen molar-refractivity contribution in [1.29, 1.82) is 0 Å². The molecule has 0 aliphatic rings. The van der Waals surface area contributed by atoms with Crippen molar-refractivity contribution >= 4 is 94.9 Å². The molecule has 0 radical (unpaired) electrons. The van der Waals surface area contributed by atoms with E-state index in [1.807, 2.05) is 0 Å². The van der Waals surface area contributed by atoms with Gasteiger partial charge in [0.2, 0.25) is 23.6 Å². The standard InChI is InChI=1S/C49H87N5O10S.C33H61N3O6.C16H26N2O4S/c1-4-7-9-11-13-15-17-19-21-23-25-30-47(59)62-40-43(64-48(60)31-26-24-22-20-18-16-14-12-10-8-5-2)41-63-49(61)39-54-38-42(51-52-54)28-27-29-44(55)50-33-34-53(45(56)6-3)35-37-65-36-32-46(57)58;1-3-5-7-9-11-13-15-17-19-21-23-25-31(37)40-28-30(29-41-33(39)27-35-36-34)42-32(38)26-24-22-20-18-16-14-12-10-8-6-4-2;1-3-5-6-7-14(19)17-9-10-18(15(20)4-2)11-13-23-12-8-16(21)22/h38,43H,4-37,39-41H2,1-3H3,(H,50,55)(H,57,58);30H,3-29H2,1-2H3;1H,4-13H2,2H3,(H,17,19)(H,21,22). The molecule has 2 atom stereocenters. The summed E-state index contributed by atoms with van der Waals surface area (Å²) in [6.45, 7) is 13.5. The maximum absolute atomic E-state index is 12.8. The molecule has 1 aromatic heterocycles. The number of azide groups is 1. The number of unbranched alkanes of at least 4 members (excludes halogenated alkanes) is 41. The van der Waals surface area contributed by atoms with Gasteiger partial charge in [-0.3, -0.25) is 57.5 Å². The van der Waals surface area contributed by atoms with Crippen molar-refractivity contribution in [1.82, 2.24) is 35.4 Å². The van der Waals surface area contributed by atoms with Gasteiger partial charge in [0.25, 0.3) is 0 Å². The number of carbonyl (C=O) groups excluding carboxylic acids is 10. The molecule has 1 heterocycles. The van der Waals surface area contributed by atoms with Crippen LogP contribution in [0.4, 0.5) is 0 Å². The van der Waals surface area contributed by atoms with Gasteiger partial charge < -0.3 is 59.1 Å². The SMILES string of the molecule is C#CCCCC(=O)NCCN(CCSCCC(=O)O)C(=O)CC.CCCCCCCCCCCCCC(=O)OCC(COC(=O)CN=[N+]=[N-])OC(=O)CCCCCCCCCCCCC.CCCCCCCCCCCCCC(=O)OCC(COC(=O)Cn1cc(CCCC(=O)NCCN(CCSCCC(=O)O)C(=O)CC)nn1)OC(=O)CCCCCCCCCCCCC. The number of nitrogens with one attached hydrogen (secondary N) is 2. The second-order valence-corrected chi connectivity index (χ2v) is 35.9. The van der Waals surface area contributed by atoms with Crippen LogP contribution >= 0.6 is 23.5 Å². The van der Waals surface area contributed by atoms with Gasteiger partial charge in [-0.25, -0.2) is 4.68 Å². The summed E-state index contributed by atoms with van der Waals surface area (Å²) in [6, 6.07) is 0. The minimum absolute atomic E-state index is 0.0240. The Labute approximate surface area is 789 Å². The highest BCUT2D eigenvalue weighted by molar-refractivity contribution is 7.99. The summed E-state index contributed by atoms with van der Waals surface area (Å²) in [7, 11) is 0. The highest BCUT2D eigenvalue weighted by Crippen LogP contribution is 2.19. The number of esters is 6. The van der Waals surface area contributed by atoms with Crippen LogP contribution in [0.1, 0.15) is 413 Å². The van der Waals surface area contributed by atoms with Gasteiger partial charge in [0.1, 0.15) is 39.5 Å². The van der Waals surface area contributed by atoms with E-state index in [9.17, 15) is 57.5 Å². The molecule has 30 nitrogen and oxygen atoms in total. The number of aliphatic carboxylic acids is 2. The first-order chi connectivity index (χ1) is 63.1. The Morgan fingerprint density at radius 1 is 0.415 bits per heavy atom. The molecule has 130 heavy (non-hydrogen) atoms. The highest BCUT2D eigenvalue weighted by atomic mass is 32.2. The van der Waals surface area contributed by atoms with E-state index in [1.54, 1.807) is 29.8 Å². The lowest BCUT2D eigenvalue weighted by molar-refractivity contribution is -0.167. The molecule has 0 aromatic carbocycles. The summed E-state index contributed by atoms with van der Waals surface area (Å²) < 4.78 is 33.8. The number of thioether (sulfide) groups is 2. The van der Waals surface area contributed by atoms with Gasteiger partial charge in [-0.05, 0) is 50.5 Å². The van der Waals surface area contributed by atoms with Crippen LogP contribution in [0.25, 0.3) is 10.4 Å². The molecule has 0 spiro atoms. The minimum atomic E-state index is -0.928. The van der Waals surface area contributed by atoms with Gasteiger partial charge in [-0.15, -0.1) is 17.4 Å². The number of terminal acetylenes is 1. The first-order valence-corrected chi connectivity index (χ1v) is 52.4. The molecule has 2 unspecified atom stereocenters. The van der Waals surface area contributed by atoms with E-state index in [1.165, 1.54) is 227 Å². The first kappa shape index (κ1) is 124. The summed E-state index contributed by atoms with van der Waals surface area (Å²) in [5.41, 5.74) is 8.96. The molecule has 32 heteroatoms. The van der Waals surface area contributed by atoms with Gasteiger partial charge in [0.05, 0.1) is 18.5 Å². The number of carboxylic acids is 2. The fourth-order valence-electron chi connectivity index (χ4n) is 13.8. The highest BCUT2D eigenvalue weighted by Gasteiger charge is 2.23. The third kappa shape index (κ3) is 87.0. The molecule has 0 bridgehead atoms. The van der Waals surface area contributed by atoms with E-state index in [2.05, 4.69) is 64.6 Å². The largest absolute Gasteiger partial charge is 0.481 e. The molecular weight excluding hydrogens is 1700 g/mol. The Kier molecular flexibility index (Phi) is 90.5. The molecular formula is C98H174N10O20S2. The van der Waals surface area contributed by atoms with Crippen LogP contribution in [0.15, 0.2) is 11.3 Å². The molecule has 0 saturated carbocycles. The van der Waals surface area contributed by atoms with Crippen LogP contribution in [0.3, 0.4) is 0 Å². The fraction of sp³-hybridized carbons (Fsp3) is 0.837. The normalized spacial score (nSPS) is 11.2. The number of rotatable bonds is 89. The van der Waals surface area contributed by atoms with Crippen LogP contribution in [-0.4, -0.2) is 214 Å². The summed E-state index contributed by atoms with van der Waals surface area (Å²) in [4.78, 5) is 150. The van der Waals surface area contributed by atoms with Gasteiger partial charge in [0, 0.05) is 131 Å². The summed E-state index contributed by atoms with van der Waals surface area (Å²) in [5, 5.41) is 34.3. The van der Waals surface area contributed by atoms with E-state index in [0.717, 1.165) is 77.0 Å². The number of carboxylic acid groups (broad SMARTS) is 2. The molecule has 0 aliphatic carbocycles. The smallest absolute Gasteiger partial charge is 0.327 e. The lowest BCUT2D eigenvalue weighted by Gasteiger charge is -2.22. The number of aromatic nitrogens is 3. The predicted octanol–water partition coefficient (Wildman–Crippen LogP) is 20.6. The van der Waals surface area contributed by atoms with Crippen molar-refractivity contribution in [2.75, 3.05) is 95.3 Å². The summed E-state index contributed by atoms with van der Waals surface area (Å²) >= 11 is 2.99. The van der Waals surface area contributed by atoms with Crippen molar-refractivity contribution in [3.05, 3.63) is 22.3 Å². The maximum atomic E-state index is 12.8. The average molecular weight is 1880 g/mol. The second kappa shape index (κ2) is 94.5. The first-order valence-electron chi connectivity index (χ1n) is 50.1. The topological polar surface area (TPSA) is 411 Å². The number of carbonyl (C=O) groups is 12. The third-order valence-corrected chi connectivity index (χ3v) is 23.5. The van der Waals surface area contributed by atoms with E-state index < -0.39 is 54.6 Å². The number of ether oxygens (including phenoxy) is 6. The Morgan fingerprint density at radius 2 is 0.731 bits per heavy atom. The van der Waals surface area contributed by atoms with Crippen molar-refractivity contribution in [2.24, 2.45) is 5.11 Å². The second-order valence-electron chi connectivity index (χ2n) is 33.5. The molecule has 4 N–H and O–H groups in total. The van der Waals surface area contributed by atoms with E-state index in [-0.39, 0.29) is 107 Å². The zero-order valence-corrected chi connectivity index (χ0v) is 82.9. The van der Waals surface area contributed by atoms with Crippen LogP contribution in [0.5, 0.6) is 0 Å². The van der Waals surface area contributed by atoms with Gasteiger partial charge in [0.15, 0.2) is 12.2 Å². The van der Waals surface area contributed by atoms with Crippen LogP contribution < -0.4 is 10.6 Å². The van der Waals surface area contributed by atoms with Crippen molar-refractivity contribution in [2.45, 2.75) is 433 Å². The lowest BCUT2D eigenvalue weighted by atomic mass is 10.1. The molecule has 0 saturated heterocycles. The van der Waals surface area contributed by atoms with Gasteiger partial charge >= 0.3 is 47.8 Å². The van der Waals surface area contributed by atoms with Crippen molar-refractivity contribution < 1.29 is 96.2 Å². The van der Waals surface area contributed by atoms with E-state index in [4.69, 9.17) is 50.6 Å². The number of hydrogen-bond donors (Lipinski definition) is 4. The summed E-state index contributed by atoms with van der Waals surface area (Å²) in [6.07, 6.45) is 62.0. The molecule has 4 amide bonds. The quantitative estimate of drug-likeness (QED) is 0.00895. The van der Waals surface area contributed by atoms with Crippen molar-refractivity contribution in [3.63, 3.8) is 0 Å². The molecule has 0 aliphatic heterocycles. The van der Waals surface area contributed by atoms with Gasteiger partial charge in [-0.1, -0.05) is 309 Å². The number of hydrogen-bond acceptors (Lipinski definition) is 23. The zero-order valence-electron chi connectivity index (χ0n) is 81.3. The molecule has 1 rings (SSSR count). The molecule has 1 aromatic rings. The Hall–Kier alpha value is -7.65. The minimum Gasteiger partial charge on any atom is -0.481 e. The van der Waals surface area contributed by atoms with Crippen LogP contribution in [-0.2, 0) is 98.9 Å². The predicted molar refractivity (Wildman–Crippen MR) is 516 cm³/mol. The zero-order chi connectivity index (χ0) is 96.0. The third-order valence-electron chi connectivity index (χ3n) is 21.6. The van der Waals surface area contributed by atoms with E-state index >= 15 is 0 Å². The molecule has 748 valence electrons. The lowest BCUT2D eigenvalue weighted by Crippen LogP contribution is -2.39. The monoisotopic (exact) mass is 1880 g/mol. The molecule has 0 fully saturated rings.